The molecule has 2 heterocycles. The number of benzene rings is 1. The summed E-state index contributed by atoms with van der Waals surface area (Å²) >= 11 is 0. The molecule has 0 aliphatic rings. The van der Waals surface area contributed by atoms with Crippen molar-refractivity contribution in [1.82, 2.24) is 14.9 Å². The Kier molecular flexibility index (Phi) is 8.33. The Bertz CT molecular complexity index is 1260. The Hall–Kier alpha value is -3.61. The molecule has 184 valence electrons. The Morgan fingerprint density at radius 2 is 1.86 bits per heavy atom. The number of pyridine rings is 2. The summed E-state index contributed by atoms with van der Waals surface area (Å²) in [7, 11) is 0. The molecule has 0 aliphatic carbocycles. The van der Waals surface area contributed by atoms with Crippen molar-refractivity contribution in [2.75, 3.05) is 0 Å². The maximum Gasteiger partial charge on any atom is 0.251 e. The number of hydrogen-bond donors (Lipinski definition) is 1. The van der Waals surface area contributed by atoms with Gasteiger partial charge in [-0.15, -0.1) is 0 Å². The SMILES string of the molecule is CC(=O)C[C@H](NC(=O)C(CC(C)C)n1ccc(C)cc1=O)c1cncc(-c2c(C)cccc2F)c1. The highest BCUT2D eigenvalue weighted by atomic mass is 19.1. The molecule has 0 radical (unpaired) electrons. The van der Waals surface area contributed by atoms with Gasteiger partial charge in [0.1, 0.15) is 17.6 Å². The van der Waals surface area contributed by atoms with E-state index >= 15 is 0 Å². The van der Waals surface area contributed by atoms with E-state index in [-0.39, 0.29) is 35.4 Å². The number of halogens is 1. The Morgan fingerprint density at radius 3 is 2.49 bits per heavy atom. The van der Waals surface area contributed by atoms with Crippen LogP contribution < -0.4 is 10.9 Å². The molecule has 0 spiro atoms. The molecule has 0 saturated heterocycles. The van der Waals surface area contributed by atoms with Crippen LogP contribution in [0, 0.1) is 25.6 Å². The zero-order valence-corrected chi connectivity index (χ0v) is 20.8. The number of aryl methyl sites for hydroxylation is 2. The second kappa shape index (κ2) is 11.2. The fourth-order valence-electron chi connectivity index (χ4n) is 4.23. The average Bonchev–Trinajstić information content (AvgIpc) is 2.77. The van der Waals surface area contributed by atoms with Crippen molar-refractivity contribution in [3.05, 3.63) is 87.9 Å². The van der Waals surface area contributed by atoms with E-state index in [4.69, 9.17) is 0 Å². The quantitative estimate of drug-likeness (QED) is 0.465. The summed E-state index contributed by atoms with van der Waals surface area (Å²) in [5.41, 5.74) is 2.90. The van der Waals surface area contributed by atoms with E-state index in [1.54, 1.807) is 36.8 Å². The van der Waals surface area contributed by atoms with Crippen LogP contribution in [0.3, 0.4) is 0 Å². The van der Waals surface area contributed by atoms with Crippen molar-refractivity contribution in [1.29, 1.82) is 0 Å². The third-order valence-electron chi connectivity index (χ3n) is 5.92. The lowest BCUT2D eigenvalue weighted by Gasteiger charge is -2.25. The smallest absolute Gasteiger partial charge is 0.251 e. The minimum Gasteiger partial charge on any atom is -0.347 e. The van der Waals surface area contributed by atoms with Crippen LogP contribution in [0.4, 0.5) is 4.39 Å². The van der Waals surface area contributed by atoms with Gasteiger partial charge < -0.3 is 9.88 Å². The van der Waals surface area contributed by atoms with Crippen LogP contribution in [0.25, 0.3) is 11.1 Å². The molecule has 7 heteroatoms. The van der Waals surface area contributed by atoms with Gasteiger partial charge in [0.25, 0.3) is 5.56 Å². The van der Waals surface area contributed by atoms with Gasteiger partial charge in [0.2, 0.25) is 5.91 Å². The molecule has 6 nitrogen and oxygen atoms in total. The highest BCUT2D eigenvalue weighted by Crippen LogP contribution is 2.29. The predicted molar refractivity (Wildman–Crippen MR) is 134 cm³/mol. The second-order valence-corrected chi connectivity index (χ2v) is 9.50. The van der Waals surface area contributed by atoms with E-state index in [1.165, 1.54) is 23.6 Å². The first-order chi connectivity index (χ1) is 16.6. The summed E-state index contributed by atoms with van der Waals surface area (Å²) in [6.45, 7) is 9.06. The van der Waals surface area contributed by atoms with Gasteiger partial charge in [-0.2, -0.15) is 0 Å². The highest BCUT2D eigenvalue weighted by Gasteiger charge is 2.26. The van der Waals surface area contributed by atoms with Crippen molar-refractivity contribution < 1.29 is 14.0 Å². The molecule has 0 saturated carbocycles. The lowest BCUT2D eigenvalue weighted by Crippen LogP contribution is -2.40. The van der Waals surface area contributed by atoms with Gasteiger partial charge in [-0.1, -0.05) is 26.0 Å². The van der Waals surface area contributed by atoms with Crippen LogP contribution >= 0.6 is 0 Å². The topological polar surface area (TPSA) is 81.1 Å². The number of rotatable bonds is 9. The van der Waals surface area contributed by atoms with Crippen LogP contribution in [0.15, 0.2) is 59.8 Å². The molecule has 1 aromatic carbocycles. The first-order valence-corrected chi connectivity index (χ1v) is 11.8. The summed E-state index contributed by atoms with van der Waals surface area (Å²) < 4.78 is 16.0. The Labute approximate surface area is 205 Å². The molecule has 1 amide bonds. The number of Topliss-reactive ketones (excluding diaryl/α,β-unsaturated/α-hetero) is 1. The van der Waals surface area contributed by atoms with Crippen molar-refractivity contribution in [3.63, 3.8) is 0 Å². The third-order valence-corrected chi connectivity index (χ3v) is 5.92. The van der Waals surface area contributed by atoms with E-state index < -0.39 is 12.1 Å². The lowest BCUT2D eigenvalue weighted by atomic mass is 9.96. The second-order valence-electron chi connectivity index (χ2n) is 9.50. The average molecular weight is 478 g/mol. The van der Waals surface area contributed by atoms with Gasteiger partial charge in [-0.3, -0.25) is 19.4 Å². The van der Waals surface area contributed by atoms with Crippen molar-refractivity contribution in [2.45, 2.75) is 59.5 Å². The molecule has 35 heavy (non-hydrogen) atoms. The van der Waals surface area contributed by atoms with Gasteiger partial charge in [0.05, 0.1) is 6.04 Å². The minimum atomic E-state index is -0.734. The Morgan fingerprint density at radius 1 is 1.11 bits per heavy atom. The number of ketones is 1. The fourth-order valence-corrected chi connectivity index (χ4v) is 4.23. The lowest BCUT2D eigenvalue weighted by molar-refractivity contribution is -0.126. The van der Waals surface area contributed by atoms with Gasteiger partial charge in [0.15, 0.2) is 0 Å². The van der Waals surface area contributed by atoms with E-state index in [9.17, 15) is 18.8 Å². The largest absolute Gasteiger partial charge is 0.347 e. The highest BCUT2D eigenvalue weighted by molar-refractivity contribution is 5.82. The first kappa shape index (κ1) is 26.0. The van der Waals surface area contributed by atoms with E-state index in [2.05, 4.69) is 10.3 Å². The number of hydrogen-bond acceptors (Lipinski definition) is 4. The van der Waals surface area contributed by atoms with E-state index in [0.717, 1.165) is 11.1 Å². The maximum absolute atomic E-state index is 14.6. The molecule has 1 unspecified atom stereocenters. The van der Waals surface area contributed by atoms with Gasteiger partial charge in [-0.25, -0.2) is 4.39 Å². The number of aromatic nitrogens is 2. The third kappa shape index (κ3) is 6.50. The number of nitrogens with zero attached hydrogens (tertiary/aromatic N) is 2. The molecule has 2 atom stereocenters. The summed E-state index contributed by atoms with van der Waals surface area (Å²) in [6.07, 6.45) is 5.27. The predicted octanol–water partition coefficient (Wildman–Crippen LogP) is 5.09. The molecule has 3 rings (SSSR count). The molecular weight excluding hydrogens is 445 g/mol. The van der Waals surface area contributed by atoms with Crippen LogP contribution in [-0.2, 0) is 9.59 Å². The van der Waals surface area contributed by atoms with E-state index in [0.29, 0.717) is 23.1 Å². The van der Waals surface area contributed by atoms with Crippen molar-refractivity contribution in [2.24, 2.45) is 5.92 Å². The number of nitrogens with one attached hydrogen (secondary N) is 1. The van der Waals surface area contributed by atoms with Gasteiger partial charge in [0, 0.05) is 42.2 Å². The number of amides is 1. The number of carbonyl (C=O) groups excluding carboxylic acids is 2. The minimum absolute atomic E-state index is 0.0460. The monoisotopic (exact) mass is 477 g/mol. The fraction of sp³-hybridized carbons (Fsp3) is 0.357. The van der Waals surface area contributed by atoms with Crippen molar-refractivity contribution in [3.8, 4) is 11.1 Å². The molecule has 1 N–H and O–H groups in total. The maximum atomic E-state index is 14.6. The molecule has 2 aromatic heterocycles. The van der Waals surface area contributed by atoms with Crippen LogP contribution in [0.5, 0.6) is 0 Å². The summed E-state index contributed by atoms with van der Waals surface area (Å²) in [5.74, 6) is -0.690. The van der Waals surface area contributed by atoms with Crippen LogP contribution in [-0.4, -0.2) is 21.2 Å². The number of carbonyl (C=O) groups is 2. The molecular formula is C28H32FN3O3. The van der Waals surface area contributed by atoms with Gasteiger partial charge >= 0.3 is 0 Å². The normalized spacial score (nSPS) is 12.9. The van der Waals surface area contributed by atoms with Crippen molar-refractivity contribution >= 4 is 11.7 Å². The molecule has 0 bridgehead atoms. The summed E-state index contributed by atoms with van der Waals surface area (Å²) in [6, 6.07) is 8.48. The van der Waals surface area contributed by atoms with Crippen LogP contribution in [0.1, 0.15) is 62.4 Å². The summed E-state index contributed by atoms with van der Waals surface area (Å²) in [4.78, 5) is 42.5. The Balaban J connectivity index is 1.98. The first-order valence-electron chi connectivity index (χ1n) is 11.8. The van der Waals surface area contributed by atoms with Crippen LogP contribution in [0.2, 0.25) is 0 Å². The van der Waals surface area contributed by atoms with E-state index in [1.807, 2.05) is 33.8 Å². The molecule has 0 fully saturated rings. The van der Waals surface area contributed by atoms with Gasteiger partial charge in [-0.05, 0) is 68.0 Å². The standard InChI is InChI=1S/C28H32FN3O3/c1-17(2)11-25(32-10-9-18(3)12-26(32)34)28(35)31-24(13-20(5)33)21-14-22(16-30-15-21)27-19(4)7-6-8-23(27)29/h6-10,12,14-17,24-25H,11,13H2,1-5H3,(H,31,35)/t24-,25?/m0/s1. The summed E-state index contributed by atoms with van der Waals surface area (Å²) in [5, 5.41) is 2.97. The molecule has 0 aliphatic heterocycles. The zero-order chi connectivity index (χ0) is 25.7. The zero-order valence-electron chi connectivity index (χ0n) is 20.8. The molecule has 3 aromatic rings.